The van der Waals surface area contributed by atoms with Crippen LogP contribution >= 0.6 is 0 Å². The van der Waals surface area contributed by atoms with Crippen LogP contribution in [0, 0.1) is 0 Å². The van der Waals surface area contributed by atoms with Gasteiger partial charge < -0.3 is 4.52 Å². The van der Waals surface area contributed by atoms with E-state index in [9.17, 15) is 4.79 Å². The molecule has 0 unspecified atom stereocenters. The molecule has 0 aliphatic carbocycles. The van der Waals surface area contributed by atoms with Crippen molar-refractivity contribution in [2.75, 3.05) is 0 Å². The standard InChI is InChI=1S/C9H7NO2/c11-9-8(6-12-10-9)7-4-2-1-3-5-7/h1-6H,(H,10,11). The van der Waals surface area contributed by atoms with E-state index >= 15 is 0 Å². The molecule has 3 nitrogen and oxygen atoms in total. The second kappa shape index (κ2) is 2.70. The van der Waals surface area contributed by atoms with Crippen LogP contribution in [0.3, 0.4) is 0 Å². The number of benzene rings is 1. The molecule has 2 aromatic rings. The summed E-state index contributed by atoms with van der Waals surface area (Å²) in [6, 6.07) is 9.38. The molecule has 0 aliphatic rings. The Morgan fingerprint density at radius 3 is 2.50 bits per heavy atom. The number of rotatable bonds is 1. The number of H-pyrrole nitrogens is 1. The van der Waals surface area contributed by atoms with Crippen molar-refractivity contribution in [3.05, 3.63) is 46.9 Å². The van der Waals surface area contributed by atoms with Crippen LogP contribution in [0.15, 0.2) is 45.9 Å². The number of hydrogen-bond donors (Lipinski definition) is 1. The average molecular weight is 161 g/mol. The van der Waals surface area contributed by atoms with Crippen LogP contribution in [0.1, 0.15) is 0 Å². The van der Waals surface area contributed by atoms with Crippen LogP contribution in [0.2, 0.25) is 0 Å². The van der Waals surface area contributed by atoms with Gasteiger partial charge in [0, 0.05) is 0 Å². The summed E-state index contributed by atoms with van der Waals surface area (Å²) in [5.74, 6) is 0. The van der Waals surface area contributed by atoms with Crippen molar-refractivity contribution in [2.24, 2.45) is 0 Å². The zero-order valence-electron chi connectivity index (χ0n) is 6.28. The van der Waals surface area contributed by atoms with Gasteiger partial charge in [-0.15, -0.1) is 0 Å². The fraction of sp³-hybridized carbons (Fsp3) is 0. The SMILES string of the molecule is O=c1[nH]occ1-c1ccccc1. The number of nitrogens with one attached hydrogen (secondary N) is 1. The molecule has 1 heterocycles. The number of aromatic amines is 1. The molecular weight excluding hydrogens is 154 g/mol. The summed E-state index contributed by atoms with van der Waals surface area (Å²) >= 11 is 0. The van der Waals surface area contributed by atoms with Crippen molar-refractivity contribution >= 4 is 0 Å². The van der Waals surface area contributed by atoms with Crippen molar-refractivity contribution < 1.29 is 4.52 Å². The topological polar surface area (TPSA) is 46.0 Å². The van der Waals surface area contributed by atoms with Gasteiger partial charge in [0.2, 0.25) is 0 Å². The molecule has 60 valence electrons. The lowest BCUT2D eigenvalue weighted by Gasteiger charge is -1.90. The second-order valence-electron chi connectivity index (χ2n) is 2.45. The smallest absolute Gasteiger partial charge is 0.287 e. The fourth-order valence-corrected chi connectivity index (χ4v) is 1.07. The molecule has 0 aliphatic heterocycles. The van der Waals surface area contributed by atoms with Gasteiger partial charge in [-0.2, -0.15) is 5.16 Å². The minimum absolute atomic E-state index is 0.193. The molecule has 1 aromatic heterocycles. The lowest BCUT2D eigenvalue weighted by atomic mass is 10.1. The van der Waals surface area contributed by atoms with Gasteiger partial charge >= 0.3 is 0 Å². The molecule has 3 heteroatoms. The van der Waals surface area contributed by atoms with E-state index in [-0.39, 0.29) is 5.56 Å². The average Bonchev–Trinajstić information content (AvgIpc) is 2.53. The van der Waals surface area contributed by atoms with E-state index in [1.54, 1.807) is 0 Å². The van der Waals surface area contributed by atoms with E-state index in [1.807, 2.05) is 30.3 Å². The minimum Gasteiger partial charge on any atom is -0.386 e. The first-order valence-electron chi connectivity index (χ1n) is 3.59. The third-order valence-corrected chi connectivity index (χ3v) is 1.66. The van der Waals surface area contributed by atoms with Gasteiger partial charge in [0.05, 0.1) is 5.56 Å². The highest BCUT2D eigenvalue weighted by Gasteiger charge is 2.02. The van der Waals surface area contributed by atoms with Gasteiger partial charge in [0.1, 0.15) is 6.26 Å². The van der Waals surface area contributed by atoms with E-state index < -0.39 is 0 Å². The monoisotopic (exact) mass is 161 g/mol. The molecule has 0 spiro atoms. The lowest BCUT2D eigenvalue weighted by molar-refractivity contribution is 0.414. The number of aromatic nitrogens is 1. The van der Waals surface area contributed by atoms with Crippen molar-refractivity contribution in [1.82, 2.24) is 5.16 Å². The highest BCUT2D eigenvalue weighted by atomic mass is 16.5. The van der Waals surface area contributed by atoms with E-state index in [0.29, 0.717) is 5.56 Å². The van der Waals surface area contributed by atoms with Crippen molar-refractivity contribution in [3.8, 4) is 11.1 Å². The Morgan fingerprint density at radius 1 is 1.17 bits per heavy atom. The summed E-state index contributed by atoms with van der Waals surface area (Å²) < 4.78 is 4.66. The van der Waals surface area contributed by atoms with E-state index in [0.717, 1.165) is 5.56 Å². The molecule has 0 saturated heterocycles. The Kier molecular flexibility index (Phi) is 1.55. The van der Waals surface area contributed by atoms with E-state index in [2.05, 4.69) is 9.68 Å². The Bertz CT molecular complexity index is 413. The van der Waals surface area contributed by atoms with Crippen molar-refractivity contribution in [2.45, 2.75) is 0 Å². The summed E-state index contributed by atoms with van der Waals surface area (Å²) in [7, 11) is 0. The third-order valence-electron chi connectivity index (χ3n) is 1.66. The third kappa shape index (κ3) is 1.05. The molecule has 0 bridgehead atoms. The molecule has 2 rings (SSSR count). The van der Waals surface area contributed by atoms with Gasteiger partial charge in [0.15, 0.2) is 0 Å². The van der Waals surface area contributed by atoms with Crippen molar-refractivity contribution in [3.63, 3.8) is 0 Å². The Balaban J connectivity index is 2.59. The molecule has 0 atom stereocenters. The largest absolute Gasteiger partial charge is 0.386 e. The number of hydrogen-bond acceptors (Lipinski definition) is 2. The van der Waals surface area contributed by atoms with Crippen LogP contribution in [-0.4, -0.2) is 5.16 Å². The highest BCUT2D eigenvalue weighted by Crippen LogP contribution is 2.12. The first kappa shape index (κ1) is 6.91. The summed E-state index contributed by atoms with van der Waals surface area (Å²) in [4.78, 5) is 11.1. The molecule has 0 saturated carbocycles. The molecule has 0 amide bonds. The predicted molar refractivity (Wildman–Crippen MR) is 44.8 cm³/mol. The van der Waals surface area contributed by atoms with Gasteiger partial charge in [-0.05, 0) is 5.56 Å². The first-order chi connectivity index (χ1) is 5.88. The minimum atomic E-state index is -0.193. The quantitative estimate of drug-likeness (QED) is 0.691. The molecule has 1 aromatic carbocycles. The Labute approximate surface area is 68.6 Å². The normalized spacial score (nSPS) is 10.0. The lowest BCUT2D eigenvalue weighted by Crippen LogP contribution is -1.99. The van der Waals surface area contributed by atoms with Gasteiger partial charge in [-0.25, -0.2) is 0 Å². The second-order valence-corrected chi connectivity index (χ2v) is 2.45. The Morgan fingerprint density at radius 2 is 1.92 bits per heavy atom. The molecular formula is C9H7NO2. The summed E-state index contributed by atoms with van der Waals surface area (Å²) in [6.07, 6.45) is 1.41. The summed E-state index contributed by atoms with van der Waals surface area (Å²) in [5.41, 5.74) is 1.24. The van der Waals surface area contributed by atoms with Gasteiger partial charge in [-0.1, -0.05) is 30.3 Å². The zero-order chi connectivity index (χ0) is 8.39. The van der Waals surface area contributed by atoms with Crippen LogP contribution in [0.5, 0.6) is 0 Å². The highest BCUT2D eigenvalue weighted by molar-refractivity contribution is 5.60. The van der Waals surface area contributed by atoms with Crippen LogP contribution < -0.4 is 5.56 Å². The maximum atomic E-state index is 11.1. The maximum absolute atomic E-state index is 11.1. The van der Waals surface area contributed by atoms with Crippen LogP contribution in [0.25, 0.3) is 11.1 Å². The van der Waals surface area contributed by atoms with Gasteiger partial charge in [-0.3, -0.25) is 4.79 Å². The van der Waals surface area contributed by atoms with Crippen molar-refractivity contribution in [1.29, 1.82) is 0 Å². The first-order valence-corrected chi connectivity index (χ1v) is 3.59. The molecule has 0 radical (unpaired) electrons. The summed E-state index contributed by atoms with van der Waals surface area (Å²) in [6.45, 7) is 0. The maximum Gasteiger partial charge on any atom is 0.287 e. The fourth-order valence-electron chi connectivity index (χ4n) is 1.07. The molecule has 0 fully saturated rings. The molecule has 1 N–H and O–H groups in total. The van der Waals surface area contributed by atoms with Crippen LogP contribution in [0.4, 0.5) is 0 Å². The van der Waals surface area contributed by atoms with Gasteiger partial charge in [0.25, 0.3) is 5.56 Å². The Hall–Kier alpha value is -1.77. The predicted octanol–water partition coefficient (Wildman–Crippen LogP) is 1.63. The van der Waals surface area contributed by atoms with E-state index in [4.69, 9.17) is 0 Å². The van der Waals surface area contributed by atoms with Crippen LogP contribution in [-0.2, 0) is 0 Å². The zero-order valence-corrected chi connectivity index (χ0v) is 6.28. The molecule has 12 heavy (non-hydrogen) atoms. The summed E-state index contributed by atoms with van der Waals surface area (Å²) in [5, 5.41) is 2.24. The van der Waals surface area contributed by atoms with E-state index in [1.165, 1.54) is 6.26 Å².